The molecule has 0 bridgehead atoms. The summed E-state index contributed by atoms with van der Waals surface area (Å²) < 4.78 is 5.89. The van der Waals surface area contributed by atoms with Gasteiger partial charge < -0.3 is 10.1 Å². The molecule has 3 nitrogen and oxygen atoms in total. The van der Waals surface area contributed by atoms with Gasteiger partial charge in [0.05, 0.1) is 12.7 Å². The number of carbonyl (C=O) groups is 1. The van der Waals surface area contributed by atoms with E-state index in [1.165, 1.54) is 5.56 Å². The highest BCUT2D eigenvalue weighted by molar-refractivity contribution is 9.10. The van der Waals surface area contributed by atoms with Crippen molar-refractivity contribution in [3.05, 3.63) is 50.1 Å². The van der Waals surface area contributed by atoms with Crippen molar-refractivity contribution < 1.29 is 9.53 Å². The van der Waals surface area contributed by atoms with Crippen LogP contribution in [0.4, 0.5) is 0 Å². The Morgan fingerprint density at radius 1 is 1.42 bits per heavy atom. The van der Waals surface area contributed by atoms with Crippen LogP contribution in [0.5, 0.6) is 5.75 Å². The summed E-state index contributed by atoms with van der Waals surface area (Å²) in [7, 11) is 1.58. The van der Waals surface area contributed by atoms with E-state index < -0.39 is 0 Å². The number of nitrogens with one attached hydrogen (secondary N) is 1. The maximum atomic E-state index is 12.1. The first-order chi connectivity index (χ1) is 9.11. The number of halogens is 1. The second kappa shape index (κ2) is 6.21. The van der Waals surface area contributed by atoms with Crippen molar-refractivity contribution in [1.29, 1.82) is 0 Å². The molecule has 0 radical (unpaired) electrons. The number of rotatable bonds is 4. The molecule has 100 valence electrons. The lowest BCUT2D eigenvalue weighted by Crippen LogP contribution is -2.23. The summed E-state index contributed by atoms with van der Waals surface area (Å²) in [6.45, 7) is 2.58. The number of hydrogen-bond donors (Lipinski definition) is 1. The molecule has 0 atom stereocenters. The third-order valence-corrected chi connectivity index (χ3v) is 4.42. The quantitative estimate of drug-likeness (QED) is 0.920. The van der Waals surface area contributed by atoms with Gasteiger partial charge in [-0.2, -0.15) is 11.3 Å². The third kappa shape index (κ3) is 3.36. The minimum Gasteiger partial charge on any atom is -0.497 e. The van der Waals surface area contributed by atoms with Crippen LogP contribution in [0.2, 0.25) is 0 Å². The highest BCUT2D eigenvalue weighted by Gasteiger charge is 2.11. The summed E-state index contributed by atoms with van der Waals surface area (Å²) in [5, 5.41) is 7.04. The van der Waals surface area contributed by atoms with Crippen LogP contribution in [0.3, 0.4) is 0 Å². The molecule has 1 aromatic carbocycles. The average molecular weight is 340 g/mol. The summed E-state index contributed by atoms with van der Waals surface area (Å²) >= 11 is 5.02. The summed E-state index contributed by atoms with van der Waals surface area (Å²) in [6.07, 6.45) is 0. The van der Waals surface area contributed by atoms with Crippen LogP contribution in [-0.2, 0) is 6.54 Å². The molecule has 1 amide bonds. The molecule has 0 saturated carbocycles. The highest BCUT2D eigenvalue weighted by atomic mass is 79.9. The van der Waals surface area contributed by atoms with E-state index in [0.717, 1.165) is 10.0 Å². The molecule has 0 aliphatic carbocycles. The van der Waals surface area contributed by atoms with E-state index in [1.807, 2.05) is 19.1 Å². The SMILES string of the molecule is COc1ccc(Br)c(C(=O)NCc2cscc2C)c1. The number of methoxy groups -OCH3 is 1. The van der Waals surface area contributed by atoms with Gasteiger partial charge >= 0.3 is 0 Å². The second-order valence-electron chi connectivity index (χ2n) is 4.11. The zero-order chi connectivity index (χ0) is 13.8. The Hall–Kier alpha value is -1.33. The lowest BCUT2D eigenvalue weighted by atomic mass is 10.2. The first-order valence-corrected chi connectivity index (χ1v) is 7.49. The number of carbonyl (C=O) groups excluding carboxylic acids is 1. The van der Waals surface area contributed by atoms with Gasteiger partial charge in [0.2, 0.25) is 0 Å². The fourth-order valence-electron chi connectivity index (χ4n) is 1.64. The van der Waals surface area contributed by atoms with Gasteiger partial charge in [0.15, 0.2) is 0 Å². The van der Waals surface area contributed by atoms with Gasteiger partial charge in [-0.25, -0.2) is 0 Å². The Bertz CT molecular complexity index is 595. The average Bonchev–Trinajstić information content (AvgIpc) is 2.82. The second-order valence-corrected chi connectivity index (χ2v) is 5.71. The Balaban J connectivity index is 2.10. The van der Waals surface area contributed by atoms with Gasteiger partial charge in [-0.15, -0.1) is 0 Å². The number of aryl methyl sites for hydroxylation is 1. The molecule has 2 aromatic rings. The van der Waals surface area contributed by atoms with Crippen LogP contribution in [0.15, 0.2) is 33.4 Å². The van der Waals surface area contributed by atoms with Gasteiger partial charge in [0.25, 0.3) is 5.91 Å². The van der Waals surface area contributed by atoms with Crippen molar-refractivity contribution in [1.82, 2.24) is 5.32 Å². The first-order valence-electron chi connectivity index (χ1n) is 5.75. The van der Waals surface area contributed by atoms with Crippen LogP contribution >= 0.6 is 27.3 Å². The normalized spacial score (nSPS) is 10.3. The van der Waals surface area contributed by atoms with Crippen molar-refractivity contribution in [2.75, 3.05) is 7.11 Å². The molecule has 0 aliphatic heterocycles. The monoisotopic (exact) mass is 339 g/mol. The van der Waals surface area contributed by atoms with Gasteiger partial charge in [-0.05, 0) is 62.9 Å². The Kier molecular flexibility index (Phi) is 4.61. The Labute approximate surface area is 124 Å². The standard InChI is InChI=1S/C14H14BrNO2S/c1-9-7-19-8-10(9)6-16-14(17)12-5-11(18-2)3-4-13(12)15/h3-5,7-8H,6H2,1-2H3,(H,16,17). The maximum Gasteiger partial charge on any atom is 0.252 e. The number of hydrogen-bond acceptors (Lipinski definition) is 3. The molecule has 0 aliphatic rings. The summed E-state index contributed by atoms with van der Waals surface area (Å²) in [4.78, 5) is 12.1. The number of amides is 1. The zero-order valence-corrected chi connectivity index (χ0v) is 13.1. The Morgan fingerprint density at radius 2 is 2.21 bits per heavy atom. The maximum absolute atomic E-state index is 12.1. The molecule has 19 heavy (non-hydrogen) atoms. The van der Waals surface area contributed by atoms with E-state index in [9.17, 15) is 4.79 Å². The summed E-state index contributed by atoms with van der Waals surface area (Å²) in [5.41, 5.74) is 2.93. The summed E-state index contributed by atoms with van der Waals surface area (Å²) in [5.74, 6) is 0.552. The lowest BCUT2D eigenvalue weighted by Gasteiger charge is -2.08. The zero-order valence-electron chi connectivity index (χ0n) is 10.7. The van der Waals surface area contributed by atoms with E-state index >= 15 is 0 Å². The third-order valence-electron chi connectivity index (χ3n) is 2.82. The van der Waals surface area contributed by atoms with Crippen molar-refractivity contribution in [2.24, 2.45) is 0 Å². The number of benzene rings is 1. The van der Waals surface area contributed by atoms with Gasteiger partial charge in [0.1, 0.15) is 5.75 Å². The lowest BCUT2D eigenvalue weighted by molar-refractivity contribution is 0.0950. The molecule has 0 unspecified atom stereocenters. The molecule has 0 saturated heterocycles. The van der Waals surface area contributed by atoms with Crippen LogP contribution in [0.1, 0.15) is 21.5 Å². The molecule has 0 spiro atoms. The van der Waals surface area contributed by atoms with Crippen molar-refractivity contribution in [3.63, 3.8) is 0 Å². The van der Waals surface area contributed by atoms with Gasteiger partial charge in [-0.3, -0.25) is 4.79 Å². The van der Waals surface area contributed by atoms with E-state index in [-0.39, 0.29) is 5.91 Å². The molecule has 5 heteroatoms. The predicted molar refractivity (Wildman–Crippen MR) is 80.9 cm³/mol. The van der Waals surface area contributed by atoms with E-state index in [0.29, 0.717) is 17.9 Å². The Morgan fingerprint density at radius 3 is 2.84 bits per heavy atom. The van der Waals surface area contributed by atoms with Crippen LogP contribution in [0.25, 0.3) is 0 Å². The largest absolute Gasteiger partial charge is 0.497 e. The number of ether oxygens (including phenoxy) is 1. The highest BCUT2D eigenvalue weighted by Crippen LogP contribution is 2.22. The van der Waals surface area contributed by atoms with Crippen molar-refractivity contribution in [3.8, 4) is 5.75 Å². The molecular weight excluding hydrogens is 326 g/mol. The molecule has 2 rings (SSSR count). The minimum atomic E-state index is -0.114. The molecule has 1 aromatic heterocycles. The smallest absolute Gasteiger partial charge is 0.252 e. The van der Waals surface area contributed by atoms with Crippen LogP contribution < -0.4 is 10.1 Å². The first kappa shape index (κ1) is 14.1. The fourth-order valence-corrected chi connectivity index (χ4v) is 2.93. The van der Waals surface area contributed by atoms with Crippen LogP contribution in [0, 0.1) is 6.92 Å². The van der Waals surface area contributed by atoms with E-state index in [4.69, 9.17) is 4.74 Å². The summed E-state index contributed by atoms with van der Waals surface area (Å²) in [6, 6.07) is 5.34. The van der Waals surface area contributed by atoms with Crippen molar-refractivity contribution in [2.45, 2.75) is 13.5 Å². The van der Waals surface area contributed by atoms with E-state index in [1.54, 1.807) is 24.5 Å². The predicted octanol–water partition coefficient (Wildman–Crippen LogP) is 3.76. The topological polar surface area (TPSA) is 38.3 Å². The minimum absolute atomic E-state index is 0.114. The van der Waals surface area contributed by atoms with Gasteiger partial charge in [0, 0.05) is 11.0 Å². The van der Waals surface area contributed by atoms with Crippen molar-refractivity contribution >= 4 is 33.2 Å². The molecule has 1 heterocycles. The number of thiophene rings is 1. The van der Waals surface area contributed by atoms with Crippen LogP contribution in [-0.4, -0.2) is 13.0 Å². The molecular formula is C14H14BrNO2S. The molecule has 0 fully saturated rings. The van der Waals surface area contributed by atoms with E-state index in [2.05, 4.69) is 32.0 Å². The molecule has 1 N–H and O–H groups in total. The van der Waals surface area contributed by atoms with Gasteiger partial charge in [-0.1, -0.05) is 0 Å². The fraction of sp³-hybridized carbons (Fsp3) is 0.214.